The van der Waals surface area contributed by atoms with E-state index in [0.29, 0.717) is 13.0 Å². The first-order valence-electron chi connectivity index (χ1n) is 11.7. The van der Waals surface area contributed by atoms with Crippen molar-refractivity contribution in [2.24, 2.45) is 5.92 Å². The predicted octanol–water partition coefficient (Wildman–Crippen LogP) is 2.35. The van der Waals surface area contributed by atoms with Gasteiger partial charge in [-0.1, -0.05) is 48.5 Å². The molecule has 1 saturated heterocycles. The van der Waals surface area contributed by atoms with Crippen molar-refractivity contribution >= 4 is 23.9 Å². The minimum absolute atomic E-state index is 0.0699. The predicted molar refractivity (Wildman–Crippen MR) is 128 cm³/mol. The summed E-state index contributed by atoms with van der Waals surface area (Å²) in [5, 5.41) is 14.2. The molecule has 2 atom stereocenters. The van der Waals surface area contributed by atoms with Crippen LogP contribution in [0.5, 0.6) is 0 Å². The van der Waals surface area contributed by atoms with Crippen molar-refractivity contribution in [1.82, 2.24) is 15.5 Å². The lowest BCUT2D eigenvalue weighted by atomic mass is 9.98. The quantitative estimate of drug-likeness (QED) is 0.534. The Balaban J connectivity index is 1.41. The number of carbonyl (C=O) groups excluding carboxylic acids is 3. The molecule has 3 N–H and O–H groups in total. The number of fused-ring (bicyclic) bond motifs is 3. The van der Waals surface area contributed by atoms with Gasteiger partial charge in [-0.05, 0) is 35.1 Å². The van der Waals surface area contributed by atoms with E-state index >= 15 is 0 Å². The Morgan fingerprint density at radius 2 is 1.69 bits per heavy atom. The van der Waals surface area contributed by atoms with Crippen LogP contribution in [0.3, 0.4) is 0 Å². The Kier molecular flexibility index (Phi) is 7.33. The molecular formula is C26H29N3O6. The van der Waals surface area contributed by atoms with Crippen LogP contribution in [0.15, 0.2) is 48.5 Å². The third kappa shape index (κ3) is 5.29. The van der Waals surface area contributed by atoms with Crippen molar-refractivity contribution in [3.05, 3.63) is 59.7 Å². The number of carboxylic acid groups (broad SMARTS) is 1. The third-order valence-corrected chi connectivity index (χ3v) is 6.70. The number of nitrogens with zero attached hydrogens (tertiary/aromatic N) is 1. The van der Waals surface area contributed by atoms with E-state index in [-0.39, 0.29) is 43.7 Å². The summed E-state index contributed by atoms with van der Waals surface area (Å²) < 4.78 is 5.53. The highest BCUT2D eigenvalue weighted by Crippen LogP contribution is 2.44. The zero-order chi connectivity index (χ0) is 24.9. The molecule has 0 bridgehead atoms. The second kappa shape index (κ2) is 10.6. The van der Waals surface area contributed by atoms with Crippen molar-refractivity contribution in [1.29, 1.82) is 0 Å². The van der Waals surface area contributed by atoms with Gasteiger partial charge in [-0.3, -0.25) is 14.4 Å². The van der Waals surface area contributed by atoms with Gasteiger partial charge in [0.05, 0.1) is 5.92 Å². The summed E-state index contributed by atoms with van der Waals surface area (Å²) in [5.74, 6) is -2.08. The topological polar surface area (TPSA) is 125 Å². The van der Waals surface area contributed by atoms with Crippen molar-refractivity contribution in [2.45, 2.75) is 31.2 Å². The number of carboxylic acids is 1. The highest BCUT2D eigenvalue weighted by molar-refractivity contribution is 5.88. The third-order valence-electron chi connectivity index (χ3n) is 6.70. The fraction of sp³-hybridized carbons (Fsp3) is 0.385. The highest BCUT2D eigenvalue weighted by atomic mass is 16.5. The number of alkyl carbamates (subject to hydrolysis) is 1. The van der Waals surface area contributed by atoms with Gasteiger partial charge in [-0.25, -0.2) is 4.79 Å². The van der Waals surface area contributed by atoms with Crippen molar-refractivity contribution < 1.29 is 29.0 Å². The van der Waals surface area contributed by atoms with Crippen LogP contribution < -0.4 is 10.6 Å². The van der Waals surface area contributed by atoms with Crippen LogP contribution in [-0.2, 0) is 19.1 Å². The average Bonchev–Trinajstić information content (AvgIpc) is 3.48. The first kappa shape index (κ1) is 24.3. The normalized spacial score (nSPS) is 17.3. The molecule has 1 aliphatic carbocycles. The van der Waals surface area contributed by atoms with Crippen molar-refractivity contribution in [3.63, 3.8) is 0 Å². The Labute approximate surface area is 203 Å². The smallest absolute Gasteiger partial charge is 0.407 e. The molecule has 9 heteroatoms. The first-order chi connectivity index (χ1) is 16.9. The van der Waals surface area contributed by atoms with Gasteiger partial charge >= 0.3 is 12.1 Å². The Bertz CT molecular complexity index is 1090. The highest BCUT2D eigenvalue weighted by Gasteiger charge is 2.35. The summed E-state index contributed by atoms with van der Waals surface area (Å²) in [7, 11) is 1.54. The van der Waals surface area contributed by atoms with E-state index in [1.807, 2.05) is 48.5 Å². The molecule has 1 fully saturated rings. The van der Waals surface area contributed by atoms with Gasteiger partial charge in [0, 0.05) is 32.5 Å². The van der Waals surface area contributed by atoms with Crippen LogP contribution in [0.4, 0.5) is 4.79 Å². The maximum absolute atomic E-state index is 13.1. The summed E-state index contributed by atoms with van der Waals surface area (Å²) in [6, 6.07) is 14.9. The molecule has 9 nitrogen and oxygen atoms in total. The molecule has 0 radical (unpaired) electrons. The summed E-state index contributed by atoms with van der Waals surface area (Å²) >= 11 is 0. The lowest BCUT2D eigenvalue weighted by Gasteiger charge is -2.24. The van der Waals surface area contributed by atoms with Crippen molar-refractivity contribution in [2.75, 3.05) is 26.7 Å². The molecule has 1 aliphatic heterocycles. The minimum Gasteiger partial charge on any atom is -0.481 e. The number of rotatable bonds is 8. The SMILES string of the molecule is CNC(=O)C1CCN(C(=O)C(CCC(=O)O)NC(=O)OCC2c3ccccc3-c3ccccc32)C1. The van der Waals surface area contributed by atoms with E-state index in [4.69, 9.17) is 9.84 Å². The van der Waals surface area contributed by atoms with Crippen LogP contribution >= 0.6 is 0 Å². The number of likely N-dealkylation sites (tertiary alicyclic amines) is 1. The molecule has 2 aromatic carbocycles. The van der Waals surface area contributed by atoms with Gasteiger partial charge in [0.1, 0.15) is 12.6 Å². The monoisotopic (exact) mass is 479 g/mol. The molecule has 0 spiro atoms. The van der Waals surface area contributed by atoms with E-state index < -0.39 is 24.0 Å². The lowest BCUT2D eigenvalue weighted by Crippen LogP contribution is -2.48. The summed E-state index contributed by atoms with van der Waals surface area (Å²) in [5.41, 5.74) is 4.34. The lowest BCUT2D eigenvalue weighted by molar-refractivity contribution is -0.137. The van der Waals surface area contributed by atoms with Gasteiger partial charge in [0.2, 0.25) is 11.8 Å². The van der Waals surface area contributed by atoms with Crippen molar-refractivity contribution in [3.8, 4) is 11.1 Å². The minimum atomic E-state index is -1.07. The molecule has 1 heterocycles. The Morgan fingerprint density at radius 3 is 2.29 bits per heavy atom. The van der Waals surface area contributed by atoms with Gasteiger partial charge in [0.25, 0.3) is 0 Å². The van der Waals surface area contributed by atoms with Crippen LogP contribution in [-0.4, -0.2) is 66.7 Å². The van der Waals surface area contributed by atoms with Gasteiger partial charge in [-0.2, -0.15) is 0 Å². The summed E-state index contributed by atoms with van der Waals surface area (Å²) in [4.78, 5) is 50.3. The maximum atomic E-state index is 13.1. The van der Waals surface area contributed by atoms with Crippen LogP contribution in [0.2, 0.25) is 0 Å². The summed E-state index contributed by atoms with van der Waals surface area (Å²) in [6.07, 6.45) is -0.619. The molecule has 184 valence electrons. The molecular weight excluding hydrogens is 450 g/mol. The number of ether oxygens (including phenoxy) is 1. The number of nitrogens with one attached hydrogen (secondary N) is 2. The van der Waals surface area contributed by atoms with E-state index in [1.165, 1.54) is 4.90 Å². The van der Waals surface area contributed by atoms with Gasteiger partial charge < -0.3 is 25.4 Å². The molecule has 35 heavy (non-hydrogen) atoms. The zero-order valence-electron chi connectivity index (χ0n) is 19.5. The second-order valence-corrected chi connectivity index (χ2v) is 8.84. The molecule has 0 aromatic heterocycles. The molecule has 0 saturated carbocycles. The molecule has 2 unspecified atom stereocenters. The van der Waals surface area contributed by atoms with E-state index in [0.717, 1.165) is 22.3 Å². The molecule has 2 aliphatic rings. The maximum Gasteiger partial charge on any atom is 0.407 e. The Morgan fingerprint density at radius 1 is 1.06 bits per heavy atom. The fourth-order valence-corrected chi connectivity index (χ4v) is 4.91. The number of amides is 3. The second-order valence-electron chi connectivity index (χ2n) is 8.84. The number of carbonyl (C=O) groups is 4. The van der Waals surface area contributed by atoms with E-state index in [1.54, 1.807) is 7.05 Å². The average molecular weight is 480 g/mol. The van der Waals surface area contributed by atoms with Gasteiger partial charge in [0.15, 0.2) is 0 Å². The largest absolute Gasteiger partial charge is 0.481 e. The number of hydrogen-bond donors (Lipinski definition) is 3. The number of benzene rings is 2. The molecule has 3 amide bonds. The number of aliphatic carboxylic acids is 1. The standard InChI is InChI=1S/C26H29N3O6/c1-27-24(32)16-12-13-29(14-16)25(33)22(10-11-23(30)31)28-26(34)35-15-21-19-8-4-2-6-17(19)18-7-3-5-9-20(18)21/h2-9,16,21-22H,10-15H2,1H3,(H,27,32)(H,28,34)(H,30,31). The zero-order valence-corrected chi connectivity index (χ0v) is 19.5. The fourth-order valence-electron chi connectivity index (χ4n) is 4.91. The Hall–Kier alpha value is -3.88. The van der Waals surface area contributed by atoms with E-state index in [2.05, 4.69) is 10.6 Å². The molecule has 4 rings (SSSR count). The van der Waals surface area contributed by atoms with Crippen LogP contribution in [0.25, 0.3) is 11.1 Å². The molecule has 2 aromatic rings. The van der Waals surface area contributed by atoms with Crippen LogP contribution in [0.1, 0.15) is 36.3 Å². The number of hydrogen-bond acceptors (Lipinski definition) is 5. The van der Waals surface area contributed by atoms with E-state index in [9.17, 15) is 19.2 Å². The summed E-state index contributed by atoms with van der Waals surface area (Å²) in [6.45, 7) is 0.684. The van der Waals surface area contributed by atoms with Crippen LogP contribution in [0, 0.1) is 5.92 Å². The first-order valence-corrected chi connectivity index (χ1v) is 11.7. The van der Waals surface area contributed by atoms with Gasteiger partial charge in [-0.15, -0.1) is 0 Å².